The lowest BCUT2D eigenvalue weighted by Gasteiger charge is -2.32. The van der Waals surface area contributed by atoms with Gasteiger partial charge in [-0.05, 0) is 45.6 Å². The first-order valence-electron chi connectivity index (χ1n) is 8.38. The van der Waals surface area contributed by atoms with Crippen molar-refractivity contribution in [1.29, 1.82) is 0 Å². The van der Waals surface area contributed by atoms with E-state index >= 15 is 0 Å². The monoisotopic (exact) mass is 315 g/mol. The van der Waals surface area contributed by atoms with Gasteiger partial charge in [0.1, 0.15) is 0 Å². The van der Waals surface area contributed by atoms with Gasteiger partial charge in [-0.15, -0.1) is 5.10 Å². The zero-order chi connectivity index (χ0) is 16.7. The van der Waals surface area contributed by atoms with E-state index in [4.69, 9.17) is 0 Å². The minimum atomic E-state index is 0.124. The third kappa shape index (κ3) is 3.21. The Bertz CT molecular complexity index is 732. The van der Waals surface area contributed by atoms with E-state index in [0.717, 1.165) is 24.2 Å². The molecule has 6 nitrogen and oxygen atoms in total. The van der Waals surface area contributed by atoms with Crippen molar-refractivity contribution in [2.45, 2.75) is 66.0 Å². The molecule has 1 atom stereocenters. The van der Waals surface area contributed by atoms with E-state index in [9.17, 15) is 4.79 Å². The number of hydrogen-bond donors (Lipinski definition) is 0. The first kappa shape index (κ1) is 15.9. The molecule has 23 heavy (non-hydrogen) atoms. The first-order valence-corrected chi connectivity index (χ1v) is 8.38. The smallest absolute Gasteiger partial charge is 0.252 e. The zero-order valence-corrected chi connectivity index (χ0v) is 14.6. The van der Waals surface area contributed by atoms with Gasteiger partial charge in [0.25, 0.3) is 5.78 Å². The van der Waals surface area contributed by atoms with E-state index in [1.54, 1.807) is 4.52 Å². The first-order chi connectivity index (χ1) is 10.9. The van der Waals surface area contributed by atoms with Crippen LogP contribution in [0.15, 0.2) is 6.07 Å². The summed E-state index contributed by atoms with van der Waals surface area (Å²) in [5, 5.41) is 4.46. The highest BCUT2D eigenvalue weighted by Crippen LogP contribution is 2.31. The van der Waals surface area contributed by atoms with E-state index in [1.807, 2.05) is 24.8 Å². The van der Waals surface area contributed by atoms with Crippen LogP contribution >= 0.6 is 0 Å². The molecule has 1 fully saturated rings. The lowest BCUT2D eigenvalue weighted by molar-refractivity contribution is -0.134. The van der Waals surface area contributed by atoms with Crippen LogP contribution in [0.1, 0.15) is 50.8 Å². The summed E-state index contributed by atoms with van der Waals surface area (Å²) in [6.07, 6.45) is 2.47. The summed E-state index contributed by atoms with van der Waals surface area (Å²) >= 11 is 0. The minimum absolute atomic E-state index is 0.124. The number of hydrogen-bond acceptors (Lipinski definition) is 4. The minimum Gasteiger partial charge on any atom is -0.336 e. The fraction of sp³-hybridized carbons (Fsp3) is 0.647. The van der Waals surface area contributed by atoms with Crippen LogP contribution in [0, 0.1) is 19.8 Å². The summed E-state index contributed by atoms with van der Waals surface area (Å²) in [7, 11) is 0. The van der Waals surface area contributed by atoms with Gasteiger partial charge in [0.05, 0.1) is 6.42 Å². The molecule has 1 aliphatic rings. The molecule has 0 bridgehead atoms. The van der Waals surface area contributed by atoms with Crippen molar-refractivity contribution in [2.75, 3.05) is 0 Å². The van der Waals surface area contributed by atoms with Crippen molar-refractivity contribution in [1.82, 2.24) is 24.5 Å². The molecule has 0 saturated heterocycles. The molecule has 3 rings (SSSR count). The summed E-state index contributed by atoms with van der Waals surface area (Å²) in [4.78, 5) is 23.6. The number of amides is 1. The molecule has 0 N–H and O–H groups in total. The lowest BCUT2D eigenvalue weighted by atomic mass is 10.0. The van der Waals surface area contributed by atoms with Gasteiger partial charge >= 0.3 is 0 Å². The highest BCUT2D eigenvalue weighted by molar-refractivity contribution is 5.79. The molecule has 1 aliphatic carbocycles. The second-order valence-corrected chi connectivity index (χ2v) is 6.97. The van der Waals surface area contributed by atoms with Gasteiger partial charge in [-0.3, -0.25) is 4.79 Å². The molecule has 2 aromatic heterocycles. The molecule has 0 spiro atoms. The Hall–Kier alpha value is -1.98. The van der Waals surface area contributed by atoms with Crippen molar-refractivity contribution in [3.05, 3.63) is 23.3 Å². The second-order valence-electron chi connectivity index (χ2n) is 6.97. The Labute approximate surface area is 136 Å². The average molecular weight is 315 g/mol. The molecule has 0 radical (unpaired) electrons. The SMILES string of the molecule is Cc1cc(C)n2nc(CC(=O)N(C3CC3)C(C)C(C)C)nc2n1. The molecular formula is C17H25N5O. The molecule has 2 heterocycles. The molecular weight excluding hydrogens is 290 g/mol. The Morgan fingerprint density at radius 3 is 2.61 bits per heavy atom. The quantitative estimate of drug-likeness (QED) is 0.849. The van der Waals surface area contributed by atoms with Gasteiger partial charge in [-0.1, -0.05) is 13.8 Å². The Morgan fingerprint density at radius 2 is 2.00 bits per heavy atom. The Kier molecular flexibility index (Phi) is 4.08. The van der Waals surface area contributed by atoms with Gasteiger partial charge in [-0.25, -0.2) is 9.50 Å². The summed E-state index contributed by atoms with van der Waals surface area (Å²) in [6, 6.07) is 2.61. The van der Waals surface area contributed by atoms with Gasteiger partial charge in [0.15, 0.2) is 5.82 Å². The van der Waals surface area contributed by atoms with Crippen LogP contribution in [0.25, 0.3) is 5.78 Å². The lowest BCUT2D eigenvalue weighted by Crippen LogP contribution is -2.44. The normalized spacial score (nSPS) is 16.1. The predicted molar refractivity (Wildman–Crippen MR) is 88.1 cm³/mol. The number of aryl methyl sites for hydroxylation is 2. The number of nitrogens with zero attached hydrogens (tertiary/aromatic N) is 5. The van der Waals surface area contributed by atoms with Gasteiger partial charge < -0.3 is 4.90 Å². The van der Waals surface area contributed by atoms with Crippen LogP contribution in [0.2, 0.25) is 0 Å². The highest BCUT2D eigenvalue weighted by Gasteiger charge is 2.36. The zero-order valence-electron chi connectivity index (χ0n) is 14.6. The largest absolute Gasteiger partial charge is 0.336 e. The van der Waals surface area contributed by atoms with E-state index in [2.05, 4.69) is 35.8 Å². The van der Waals surface area contributed by atoms with E-state index < -0.39 is 0 Å². The second kappa shape index (κ2) is 5.91. The van der Waals surface area contributed by atoms with Crippen LogP contribution in [0.4, 0.5) is 0 Å². The molecule has 1 unspecified atom stereocenters. The summed E-state index contributed by atoms with van der Waals surface area (Å²) in [5.74, 6) is 1.69. The van der Waals surface area contributed by atoms with Crippen molar-refractivity contribution in [3.8, 4) is 0 Å². The summed E-state index contributed by atoms with van der Waals surface area (Å²) < 4.78 is 1.71. The predicted octanol–water partition coefficient (Wildman–Crippen LogP) is 2.32. The maximum absolute atomic E-state index is 12.8. The molecule has 2 aromatic rings. The third-order valence-corrected chi connectivity index (χ3v) is 4.60. The Morgan fingerprint density at radius 1 is 1.30 bits per heavy atom. The molecule has 1 amide bonds. The van der Waals surface area contributed by atoms with E-state index in [1.165, 1.54) is 0 Å². The molecule has 124 valence electrons. The molecule has 0 aromatic carbocycles. The maximum Gasteiger partial charge on any atom is 0.252 e. The summed E-state index contributed by atoms with van der Waals surface area (Å²) in [5.41, 5.74) is 1.89. The van der Waals surface area contributed by atoms with Crippen molar-refractivity contribution in [2.24, 2.45) is 5.92 Å². The van der Waals surface area contributed by atoms with Crippen molar-refractivity contribution >= 4 is 11.7 Å². The van der Waals surface area contributed by atoms with Gasteiger partial charge in [0, 0.05) is 23.5 Å². The standard InChI is InChI=1S/C17H25N5O/c1-10(2)13(5)21(14-6-7-14)16(23)9-15-19-17-18-11(3)8-12(4)22(17)20-15/h8,10,13-14H,6-7,9H2,1-5H3. The number of carbonyl (C=O) groups is 1. The average Bonchev–Trinajstić information content (AvgIpc) is 3.19. The summed E-state index contributed by atoms with van der Waals surface area (Å²) in [6.45, 7) is 10.4. The maximum atomic E-state index is 12.8. The van der Waals surface area contributed by atoms with E-state index in [0.29, 0.717) is 23.6 Å². The number of fused-ring (bicyclic) bond motifs is 1. The van der Waals surface area contributed by atoms with Gasteiger partial charge in [0.2, 0.25) is 5.91 Å². The van der Waals surface area contributed by atoms with E-state index in [-0.39, 0.29) is 18.4 Å². The van der Waals surface area contributed by atoms with Crippen LogP contribution < -0.4 is 0 Å². The third-order valence-electron chi connectivity index (χ3n) is 4.60. The van der Waals surface area contributed by atoms with Gasteiger partial charge in [-0.2, -0.15) is 4.98 Å². The highest BCUT2D eigenvalue weighted by atomic mass is 16.2. The van der Waals surface area contributed by atoms with Crippen LogP contribution in [0.3, 0.4) is 0 Å². The van der Waals surface area contributed by atoms with Crippen molar-refractivity contribution in [3.63, 3.8) is 0 Å². The van der Waals surface area contributed by atoms with Crippen LogP contribution in [-0.4, -0.2) is 42.5 Å². The van der Waals surface area contributed by atoms with Crippen LogP contribution in [-0.2, 0) is 11.2 Å². The number of carbonyl (C=O) groups excluding carboxylic acids is 1. The fourth-order valence-corrected chi connectivity index (χ4v) is 2.95. The number of aromatic nitrogens is 4. The fourth-order valence-electron chi connectivity index (χ4n) is 2.95. The molecule has 6 heteroatoms. The van der Waals surface area contributed by atoms with Crippen LogP contribution in [0.5, 0.6) is 0 Å². The Balaban J connectivity index is 1.83. The molecule has 1 saturated carbocycles. The number of rotatable bonds is 5. The van der Waals surface area contributed by atoms with Crippen molar-refractivity contribution < 1.29 is 4.79 Å². The topological polar surface area (TPSA) is 63.4 Å². The molecule has 0 aliphatic heterocycles.